The summed E-state index contributed by atoms with van der Waals surface area (Å²) in [6, 6.07) is 14.1. The average Bonchev–Trinajstić information content (AvgIpc) is 2.65. The Bertz CT molecular complexity index is 1010. The molecule has 0 spiro atoms. The van der Waals surface area contributed by atoms with Crippen LogP contribution in [0.3, 0.4) is 0 Å². The molecular weight excluding hydrogens is 364 g/mol. The highest BCUT2D eigenvalue weighted by atomic mass is 32.2. The zero-order chi connectivity index (χ0) is 19.4. The van der Waals surface area contributed by atoms with E-state index in [1.54, 1.807) is 13.0 Å². The summed E-state index contributed by atoms with van der Waals surface area (Å²) in [6.45, 7) is 3.67. The third kappa shape index (κ3) is 4.52. The van der Waals surface area contributed by atoms with E-state index >= 15 is 0 Å². The summed E-state index contributed by atoms with van der Waals surface area (Å²) in [5.74, 6) is -0.282. The second-order valence-corrected chi connectivity index (χ2v) is 7.52. The lowest BCUT2D eigenvalue weighted by Gasteiger charge is -2.13. The molecule has 1 aromatic heterocycles. The Hall–Kier alpha value is -2.73. The first-order chi connectivity index (χ1) is 13.0. The average molecular weight is 384 g/mol. The summed E-state index contributed by atoms with van der Waals surface area (Å²) in [5, 5.41) is 10.2. The fourth-order valence-electron chi connectivity index (χ4n) is 2.73. The summed E-state index contributed by atoms with van der Waals surface area (Å²) >= 11 is 1.41. The van der Waals surface area contributed by atoms with Gasteiger partial charge in [-0.2, -0.15) is 0 Å². The Kier molecular flexibility index (Phi) is 5.86. The van der Waals surface area contributed by atoms with Gasteiger partial charge in [0.1, 0.15) is 23.2 Å². The molecule has 27 heavy (non-hydrogen) atoms. The summed E-state index contributed by atoms with van der Waals surface area (Å²) in [4.78, 5) is 25.1. The van der Waals surface area contributed by atoms with Crippen molar-refractivity contribution >= 4 is 28.7 Å². The van der Waals surface area contributed by atoms with Gasteiger partial charge in [-0.15, -0.1) is 11.8 Å². The summed E-state index contributed by atoms with van der Waals surface area (Å²) in [7, 11) is 0. The quantitative estimate of drug-likeness (QED) is 0.388. The predicted molar refractivity (Wildman–Crippen MR) is 105 cm³/mol. The highest BCUT2D eigenvalue weighted by Gasteiger charge is 2.17. The monoisotopic (exact) mass is 384 g/mol. The van der Waals surface area contributed by atoms with Gasteiger partial charge in [0.15, 0.2) is 0 Å². The molecule has 0 aliphatic heterocycles. The molecule has 0 radical (unpaired) electrons. The maximum atomic E-state index is 12.3. The van der Waals surface area contributed by atoms with Gasteiger partial charge in [0.25, 0.3) is 0 Å². The van der Waals surface area contributed by atoms with Crippen LogP contribution in [0.5, 0.6) is 5.75 Å². The highest BCUT2D eigenvalue weighted by Crippen LogP contribution is 2.28. The number of hydrogen-bond donors (Lipinski definition) is 1. The van der Waals surface area contributed by atoms with Gasteiger partial charge in [-0.25, -0.2) is 4.79 Å². The van der Waals surface area contributed by atoms with Gasteiger partial charge in [0, 0.05) is 28.0 Å². The second-order valence-electron chi connectivity index (χ2n) is 6.10. The molecule has 1 atom stereocenters. The second kappa shape index (κ2) is 8.31. The van der Waals surface area contributed by atoms with Crippen LogP contribution in [-0.4, -0.2) is 16.3 Å². The van der Waals surface area contributed by atoms with E-state index in [4.69, 9.17) is 9.15 Å². The summed E-state index contributed by atoms with van der Waals surface area (Å²) in [6.07, 6.45) is 0.630. The molecule has 1 N–H and O–H groups in total. The minimum atomic E-state index is -0.552. The van der Waals surface area contributed by atoms with Crippen LogP contribution in [0.4, 0.5) is 0 Å². The van der Waals surface area contributed by atoms with Crippen LogP contribution in [0.25, 0.3) is 11.0 Å². The largest absolute Gasteiger partial charge is 0.508 e. The molecular formula is C21H20O5S. The van der Waals surface area contributed by atoms with Crippen molar-refractivity contribution in [1.82, 2.24) is 0 Å². The van der Waals surface area contributed by atoms with Crippen LogP contribution in [-0.2, 0) is 22.6 Å². The third-order valence-corrected chi connectivity index (χ3v) is 5.26. The lowest BCUT2D eigenvalue weighted by atomic mass is 10.0. The molecule has 0 bridgehead atoms. The normalized spacial score (nSPS) is 12.1. The fourth-order valence-corrected chi connectivity index (χ4v) is 3.61. The number of aromatic hydroxyl groups is 1. The van der Waals surface area contributed by atoms with Gasteiger partial charge >= 0.3 is 11.6 Å². The number of benzene rings is 2. The smallest absolute Gasteiger partial charge is 0.336 e. The van der Waals surface area contributed by atoms with E-state index in [2.05, 4.69) is 0 Å². The number of phenolic OH excluding ortho intramolecular Hbond substituents is 1. The number of ether oxygens (including phenoxy) is 1. The minimum Gasteiger partial charge on any atom is -0.508 e. The Morgan fingerprint density at radius 1 is 1.19 bits per heavy atom. The van der Waals surface area contributed by atoms with Crippen molar-refractivity contribution in [2.24, 2.45) is 0 Å². The van der Waals surface area contributed by atoms with Crippen LogP contribution < -0.4 is 5.63 Å². The van der Waals surface area contributed by atoms with Crippen LogP contribution in [0.2, 0.25) is 0 Å². The number of carbonyl (C=O) groups is 1. The number of phenols is 1. The summed E-state index contributed by atoms with van der Waals surface area (Å²) < 4.78 is 10.6. The minimum absolute atomic E-state index is 0.0332. The zero-order valence-corrected chi connectivity index (χ0v) is 15.9. The molecule has 3 rings (SSSR count). The number of rotatable bonds is 6. The Balaban J connectivity index is 1.78. The van der Waals surface area contributed by atoms with E-state index in [1.165, 1.54) is 23.9 Å². The van der Waals surface area contributed by atoms with Gasteiger partial charge in [-0.1, -0.05) is 25.1 Å². The number of fused-ring (bicyclic) bond motifs is 1. The van der Waals surface area contributed by atoms with E-state index in [9.17, 15) is 14.7 Å². The van der Waals surface area contributed by atoms with Crippen molar-refractivity contribution in [3.05, 3.63) is 70.1 Å². The Morgan fingerprint density at radius 3 is 2.63 bits per heavy atom. The molecule has 1 heterocycles. The number of hydrogen-bond acceptors (Lipinski definition) is 6. The molecule has 0 aliphatic rings. The topological polar surface area (TPSA) is 76.7 Å². The van der Waals surface area contributed by atoms with E-state index in [1.807, 2.05) is 37.3 Å². The lowest BCUT2D eigenvalue weighted by molar-refractivity contribution is -0.143. The predicted octanol–water partition coefficient (Wildman–Crippen LogP) is 4.29. The van der Waals surface area contributed by atoms with E-state index in [0.717, 1.165) is 10.5 Å². The molecule has 0 saturated carbocycles. The number of aryl methyl sites for hydroxylation is 1. The Labute approximate surface area is 161 Å². The standard InChI is InChI=1S/C21H20O5S/c1-3-14-9-17-15(10-20(23)26-19(17)11-18(14)22)12-25-21(24)13(2)27-16-7-5-4-6-8-16/h4-11,13,22H,3,12H2,1-2H3/t13-/m1/s1. The molecule has 5 nitrogen and oxygen atoms in total. The maximum Gasteiger partial charge on any atom is 0.336 e. The molecule has 3 aromatic rings. The highest BCUT2D eigenvalue weighted by molar-refractivity contribution is 8.00. The fraction of sp³-hybridized carbons (Fsp3) is 0.238. The first-order valence-corrected chi connectivity index (χ1v) is 9.53. The number of carbonyl (C=O) groups excluding carboxylic acids is 1. The molecule has 140 valence electrons. The molecule has 0 unspecified atom stereocenters. The first-order valence-electron chi connectivity index (χ1n) is 8.65. The van der Waals surface area contributed by atoms with Crippen LogP contribution in [0.15, 0.2) is 62.6 Å². The van der Waals surface area contributed by atoms with Crippen LogP contribution in [0, 0.1) is 0 Å². The molecule has 0 aliphatic carbocycles. The molecule has 2 aromatic carbocycles. The first kappa shape index (κ1) is 19.0. The van der Waals surface area contributed by atoms with Crippen LogP contribution in [0.1, 0.15) is 25.0 Å². The Morgan fingerprint density at radius 2 is 1.93 bits per heavy atom. The van der Waals surface area contributed by atoms with Crippen LogP contribution >= 0.6 is 11.8 Å². The SMILES string of the molecule is CCc1cc2c(COC(=O)[C@@H](C)Sc3ccccc3)cc(=O)oc2cc1O. The van der Waals surface area contributed by atoms with Gasteiger partial charge in [-0.05, 0) is 37.1 Å². The van der Waals surface area contributed by atoms with Gasteiger partial charge in [0.2, 0.25) is 0 Å². The number of thioether (sulfide) groups is 1. The molecule has 0 saturated heterocycles. The van der Waals surface area contributed by atoms with Crippen molar-refractivity contribution in [2.75, 3.05) is 0 Å². The van der Waals surface area contributed by atoms with E-state index in [-0.39, 0.29) is 29.2 Å². The van der Waals surface area contributed by atoms with Crippen molar-refractivity contribution < 1.29 is 19.1 Å². The molecule has 0 fully saturated rings. The molecule has 6 heteroatoms. The summed E-state index contributed by atoms with van der Waals surface area (Å²) in [5.41, 5.74) is 1.01. The van der Waals surface area contributed by atoms with E-state index < -0.39 is 5.63 Å². The lowest BCUT2D eigenvalue weighted by Crippen LogP contribution is -2.17. The van der Waals surface area contributed by atoms with Crippen molar-refractivity contribution in [1.29, 1.82) is 0 Å². The van der Waals surface area contributed by atoms with Gasteiger partial charge in [-0.3, -0.25) is 4.79 Å². The van der Waals surface area contributed by atoms with Crippen molar-refractivity contribution in [3.8, 4) is 5.75 Å². The van der Waals surface area contributed by atoms with Crippen molar-refractivity contribution in [2.45, 2.75) is 37.0 Å². The molecule has 0 amide bonds. The zero-order valence-electron chi connectivity index (χ0n) is 15.1. The third-order valence-electron chi connectivity index (χ3n) is 4.17. The number of esters is 1. The maximum absolute atomic E-state index is 12.3. The van der Waals surface area contributed by atoms with Gasteiger partial charge < -0.3 is 14.3 Å². The van der Waals surface area contributed by atoms with E-state index in [0.29, 0.717) is 17.4 Å². The van der Waals surface area contributed by atoms with Gasteiger partial charge in [0.05, 0.1) is 0 Å². The van der Waals surface area contributed by atoms with Crippen molar-refractivity contribution in [3.63, 3.8) is 0 Å².